The maximum atomic E-state index is 12.1. The minimum atomic E-state index is -1.00. The van der Waals surface area contributed by atoms with E-state index in [-0.39, 0.29) is 12.5 Å². The van der Waals surface area contributed by atoms with Gasteiger partial charge in [0.25, 0.3) is 0 Å². The minimum absolute atomic E-state index is 0.193. The molecule has 0 saturated carbocycles. The van der Waals surface area contributed by atoms with Gasteiger partial charge in [0, 0.05) is 12.0 Å². The molecular formula is C23H27NO6. The molecule has 2 aromatic carbocycles. The van der Waals surface area contributed by atoms with E-state index in [0.717, 1.165) is 11.1 Å². The minimum Gasteiger partial charge on any atom is -0.388 e. The van der Waals surface area contributed by atoms with Crippen LogP contribution in [-0.4, -0.2) is 48.3 Å². The van der Waals surface area contributed by atoms with Gasteiger partial charge in [-0.15, -0.1) is 0 Å². The van der Waals surface area contributed by atoms with E-state index in [1.165, 1.54) is 0 Å². The van der Waals surface area contributed by atoms with Gasteiger partial charge in [-0.2, -0.15) is 0 Å². The van der Waals surface area contributed by atoms with E-state index in [4.69, 9.17) is 18.9 Å². The number of fused-ring (bicyclic) bond motifs is 1. The number of rotatable bonds is 6. The summed E-state index contributed by atoms with van der Waals surface area (Å²) in [6.07, 6.45) is -3.29. The normalized spacial score (nSPS) is 31.0. The van der Waals surface area contributed by atoms with Crippen LogP contribution in [0.5, 0.6) is 0 Å². The van der Waals surface area contributed by atoms with Gasteiger partial charge in [-0.1, -0.05) is 67.6 Å². The van der Waals surface area contributed by atoms with Gasteiger partial charge in [0.15, 0.2) is 12.6 Å². The summed E-state index contributed by atoms with van der Waals surface area (Å²) in [5.41, 5.74) is 1.83. The lowest BCUT2D eigenvalue weighted by atomic mass is 9.95. The van der Waals surface area contributed by atoms with Crippen molar-refractivity contribution in [3.63, 3.8) is 0 Å². The Hall–Kier alpha value is -2.29. The van der Waals surface area contributed by atoms with Crippen molar-refractivity contribution in [3.05, 3.63) is 71.8 Å². The lowest BCUT2D eigenvalue weighted by molar-refractivity contribution is -0.345. The number of aliphatic hydroxyl groups is 1. The van der Waals surface area contributed by atoms with E-state index in [0.29, 0.717) is 13.0 Å². The second-order valence-electron chi connectivity index (χ2n) is 7.45. The summed E-state index contributed by atoms with van der Waals surface area (Å²) < 4.78 is 23.9. The van der Waals surface area contributed by atoms with Crippen LogP contribution in [-0.2, 0) is 30.3 Å². The van der Waals surface area contributed by atoms with Gasteiger partial charge in [-0.3, -0.25) is 4.79 Å². The van der Waals surface area contributed by atoms with Crippen LogP contribution < -0.4 is 5.32 Å². The van der Waals surface area contributed by atoms with Gasteiger partial charge in [-0.25, -0.2) is 0 Å². The number of carbonyl (C=O) groups excluding carboxylic acids is 1. The smallest absolute Gasteiger partial charge is 0.220 e. The number of benzene rings is 2. The Morgan fingerprint density at radius 3 is 2.50 bits per heavy atom. The number of hydrogen-bond donors (Lipinski definition) is 2. The van der Waals surface area contributed by atoms with Crippen LogP contribution in [0.25, 0.3) is 0 Å². The first kappa shape index (κ1) is 21.0. The quantitative estimate of drug-likeness (QED) is 0.756. The maximum absolute atomic E-state index is 12.1. The van der Waals surface area contributed by atoms with E-state index in [2.05, 4.69) is 5.32 Å². The third-order valence-electron chi connectivity index (χ3n) is 5.34. The van der Waals surface area contributed by atoms with E-state index >= 15 is 0 Å². The maximum Gasteiger partial charge on any atom is 0.220 e. The number of ether oxygens (including phenoxy) is 4. The van der Waals surface area contributed by atoms with E-state index < -0.39 is 36.9 Å². The Bertz CT molecular complexity index is 817. The van der Waals surface area contributed by atoms with Crippen molar-refractivity contribution >= 4 is 5.91 Å². The summed E-state index contributed by atoms with van der Waals surface area (Å²) in [6, 6.07) is 18.4. The van der Waals surface area contributed by atoms with Gasteiger partial charge >= 0.3 is 0 Å². The molecular weight excluding hydrogens is 386 g/mol. The van der Waals surface area contributed by atoms with E-state index in [1.54, 1.807) is 6.92 Å². The summed E-state index contributed by atoms with van der Waals surface area (Å²) in [5, 5.41) is 13.9. The monoisotopic (exact) mass is 413 g/mol. The zero-order chi connectivity index (χ0) is 20.9. The SMILES string of the molecule is CCC(=O)N[C@H]1[C@@H](OCc2ccccc2)O[C@@H]2COC(c3ccccc3)O[C@H]2[C@@H]1O. The number of aliphatic hydroxyl groups excluding tert-OH is 1. The lowest BCUT2D eigenvalue weighted by Gasteiger charge is -2.47. The lowest BCUT2D eigenvalue weighted by Crippen LogP contribution is -2.66. The summed E-state index contributed by atoms with van der Waals surface area (Å²) >= 11 is 0. The molecule has 7 nitrogen and oxygen atoms in total. The molecule has 160 valence electrons. The molecule has 0 spiro atoms. The van der Waals surface area contributed by atoms with E-state index in [9.17, 15) is 9.90 Å². The Balaban J connectivity index is 1.48. The van der Waals surface area contributed by atoms with Gasteiger partial charge in [0.05, 0.1) is 13.2 Å². The van der Waals surface area contributed by atoms with Crippen LogP contribution in [0.2, 0.25) is 0 Å². The van der Waals surface area contributed by atoms with Gasteiger partial charge in [-0.05, 0) is 5.56 Å². The first-order chi connectivity index (χ1) is 14.7. The first-order valence-electron chi connectivity index (χ1n) is 10.3. The fourth-order valence-corrected chi connectivity index (χ4v) is 3.71. The molecule has 0 bridgehead atoms. The summed E-state index contributed by atoms with van der Waals surface area (Å²) in [7, 11) is 0. The highest BCUT2D eigenvalue weighted by Crippen LogP contribution is 2.34. The molecule has 2 N–H and O–H groups in total. The molecule has 2 aliphatic rings. The van der Waals surface area contributed by atoms with Crippen molar-refractivity contribution in [2.75, 3.05) is 6.61 Å². The number of carbonyl (C=O) groups is 1. The highest BCUT2D eigenvalue weighted by Gasteiger charge is 2.50. The predicted molar refractivity (Wildman–Crippen MR) is 108 cm³/mol. The van der Waals surface area contributed by atoms with Crippen LogP contribution >= 0.6 is 0 Å². The zero-order valence-corrected chi connectivity index (χ0v) is 16.8. The van der Waals surface area contributed by atoms with Crippen molar-refractivity contribution in [2.45, 2.75) is 56.9 Å². The molecule has 2 heterocycles. The van der Waals surface area contributed by atoms with Crippen LogP contribution in [0.3, 0.4) is 0 Å². The van der Waals surface area contributed by atoms with Gasteiger partial charge in [0.2, 0.25) is 5.91 Å². The van der Waals surface area contributed by atoms with E-state index in [1.807, 2.05) is 60.7 Å². The summed E-state index contributed by atoms with van der Waals surface area (Å²) in [5.74, 6) is -0.193. The average Bonchev–Trinajstić information content (AvgIpc) is 2.80. The number of amides is 1. The van der Waals surface area contributed by atoms with Crippen molar-refractivity contribution in [1.29, 1.82) is 0 Å². The second kappa shape index (κ2) is 9.68. The standard InChI is InChI=1S/C23H27NO6/c1-2-18(25)24-19-20(26)21-17(14-28-22(30-21)16-11-7-4-8-12-16)29-23(19)27-13-15-9-5-3-6-10-15/h3-12,17,19-23,26H,2,13-14H2,1H3,(H,24,25)/t17-,19-,20-,21-,22?,23+/m1/s1. The molecule has 1 amide bonds. The van der Waals surface area contributed by atoms with Crippen LogP contribution in [0.15, 0.2) is 60.7 Å². The molecule has 2 saturated heterocycles. The number of hydrogen-bond acceptors (Lipinski definition) is 6. The molecule has 0 aromatic heterocycles. The highest BCUT2D eigenvalue weighted by atomic mass is 16.7. The molecule has 1 unspecified atom stereocenters. The van der Waals surface area contributed by atoms with Crippen LogP contribution in [0, 0.1) is 0 Å². The third-order valence-corrected chi connectivity index (χ3v) is 5.34. The molecule has 2 aromatic rings. The van der Waals surface area contributed by atoms with Gasteiger partial charge in [0.1, 0.15) is 24.4 Å². The molecule has 0 aliphatic carbocycles. The molecule has 7 heteroatoms. The Morgan fingerprint density at radius 1 is 1.10 bits per heavy atom. The number of nitrogens with one attached hydrogen (secondary N) is 1. The van der Waals surface area contributed by atoms with Crippen LogP contribution in [0.1, 0.15) is 30.8 Å². The molecule has 30 heavy (non-hydrogen) atoms. The zero-order valence-electron chi connectivity index (χ0n) is 16.8. The molecule has 4 rings (SSSR count). The fourth-order valence-electron chi connectivity index (χ4n) is 3.71. The largest absolute Gasteiger partial charge is 0.388 e. The topological polar surface area (TPSA) is 86.3 Å². The Kier molecular flexibility index (Phi) is 6.76. The predicted octanol–water partition coefficient (Wildman–Crippen LogP) is 2.30. The first-order valence-corrected chi connectivity index (χ1v) is 10.3. The van der Waals surface area contributed by atoms with Crippen molar-refractivity contribution < 1.29 is 28.8 Å². The summed E-state index contributed by atoms with van der Waals surface area (Å²) in [4.78, 5) is 12.1. The molecule has 0 radical (unpaired) electrons. The third kappa shape index (κ3) is 4.71. The van der Waals surface area contributed by atoms with Crippen molar-refractivity contribution in [2.24, 2.45) is 0 Å². The van der Waals surface area contributed by atoms with Crippen molar-refractivity contribution in [3.8, 4) is 0 Å². The molecule has 2 aliphatic heterocycles. The summed E-state index contributed by atoms with van der Waals surface area (Å²) in [6.45, 7) is 2.30. The van der Waals surface area contributed by atoms with Crippen LogP contribution in [0.4, 0.5) is 0 Å². The Labute approximate surface area is 175 Å². The molecule has 6 atom stereocenters. The Morgan fingerprint density at radius 2 is 1.80 bits per heavy atom. The second-order valence-corrected chi connectivity index (χ2v) is 7.45. The highest BCUT2D eigenvalue weighted by molar-refractivity contribution is 5.76. The van der Waals surface area contributed by atoms with Gasteiger partial charge < -0.3 is 29.4 Å². The molecule has 2 fully saturated rings. The average molecular weight is 413 g/mol. The fraction of sp³-hybridized carbons (Fsp3) is 0.435. The van der Waals surface area contributed by atoms with Crippen molar-refractivity contribution in [1.82, 2.24) is 5.32 Å².